The number of hydrogen-bond acceptors (Lipinski definition) is 2. The molecule has 3 unspecified atom stereocenters. The van der Waals surface area contributed by atoms with E-state index in [2.05, 4.69) is 0 Å². The molecule has 4 rings (SSSR count). The van der Waals surface area contributed by atoms with Crippen LogP contribution in [0.3, 0.4) is 0 Å². The molecule has 110 valence electrons. The molecule has 0 amide bonds. The first-order chi connectivity index (χ1) is 10.7. The lowest BCUT2D eigenvalue weighted by molar-refractivity contribution is 0.184. The van der Waals surface area contributed by atoms with Gasteiger partial charge in [0, 0.05) is 4.90 Å². The van der Waals surface area contributed by atoms with Gasteiger partial charge in [0.15, 0.2) is 0 Å². The Hall–Kier alpha value is -1.97. The van der Waals surface area contributed by atoms with E-state index in [-0.39, 0.29) is 5.25 Å². The standard InChI is InChI=1S/C19H16O2S/c20-19-17-8-4-3-7-15(17)12-18(19)22(21)16-10-9-13-5-1-2-6-14(13)11-16/h1-11,18-20H,12H2. The van der Waals surface area contributed by atoms with Crippen LogP contribution in [0.15, 0.2) is 71.6 Å². The van der Waals surface area contributed by atoms with Crippen molar-refractivity contribution in [2.24, 2.45) is 0 Å². The van der Waals surface area contributed by atoms with Crippen LogP contribution in [0.5, 0.6) is 0 Å². The smallest absolute Gasteiger partial charge is 0.0943 e. The second-order valence-electron chi connectivity index (χ2n) is 5.69. The summed E-state index contributed by atoms with van der Waals surface area (Å²) >= 11 is 0. The first-order valence-electron chi connectivity index (χ1n) is 7.39. The van der Waals surface area contributed by atoms with Gasteiger partial charge in [-0.3, -0.25) is 4.21 Å². The molecule has 0 aliphatic heterocycles. The van der Waals surface area contributed by atoms with E-state index in [0.29, 0.717) is 6.42 Å². The Morgan fingerprint density at radius 1 is 0.909 bits per heavy atom. The molecule has 0 fully saturated rings. The van der Waals surface area contributed by atoms with Crippen molar-refractivity contribution in [3.63, 3.8) is 0 Å². The molecule has 3 atom stereocenters. The monoisotopic (exact) mass is 308 g/mol. The summed E-state index contributed by atoms with van der Waals surface area (Å²) in [6.07, 6.45) is 0.0139. The summed E-state index contributed by atoms with van der Waals surface area (Å²) in [5.74, 6) is 0. The Morgan fingerprint density at radius 3 is 2.45 bits per heavy atom. The zero-order valence-electron chi connectivity index (χ0n) is 12.0. The van der Waals surface area contributed by atoms with Crippen molar-refractivity contribution in [3.8, 4) is 0 Å². The summed E-state index contributed by atoms with van der Waals surface area (Å²) in [5.41, 5.74) is 2.02. The van der Waals surface area contributed by atoms with Gasteiger partial charge in [0.2, 0.25) is 0 Å². The number of fused-ring (bicyclic) bond motifs is 2. The van der Waals surface area contributed by atoms with Crippen LogP contribution in [-0.2, 0) is 17.2 Å². The molecule has 2 nitrogen and oxygen atoms in total. The fraction of sp³-hybridized carbons (Fsp3) is 0.158. The van der Waals surface area contributed by atoms with Gasteiger partial charge in [-0.15, -0.1) is 0 Å². The fourth-order valence-corrected chi connectivity index (χ4v) is 4.70. The molecule has 1 N–H and O–H groups in total. The van der Waals surface area contributed by atoms with Crippen LogP contribution in [0.1, 0.15) is 17.2 Å². The number of rotatable bonds is 2. The predicted molar refractivity (Wildman–Crippen MR) is 89.3 cm³/mol. The first-order valence-corrected chi connectivity index (χ1v) is 8.60. The molecule has 0 bridgehead atoms. The molecule has 0 saturated heterocycles. The zero-order valence-corrected chi connectivity index (χ0v) is 12.8. The van der Waals surface area contributed by atoms with Crippen LogP contribution in [0, 0.1) is 0 Å². The van der Waals surface area contributed by atoms with Crippen molar-refractivity contribution in [3.05, 3.63) is 77.9 Å². The van der Waals surface area contributed by atoms with E-state index in [1.807, 2.05) is 66.7 Å². The second kappa shape index (κ2) is 5.34. The van der Waals surface area contributed by atoms with E-state index in [4.69, 9.17) is 0 Å². The van der Waals surface area contributed by atoms with E-state index >= 15 is 0 Å². The summed E-state index contributed by atoms with van der Waals surface area (Å²) in [7, 11) is -1.22. The predicted octanol–water partition coefficient (Wildman–Crippen LogP) is 3.61. The molecular formula is C19H16O2S. The minimum Gasteiger partial charge on any atom is -0.387 e. The van der Waals surface area contributed by atoms with E-state index in [0.717, 1.165) is 26.8 Å². The Bertz CT molecular complexity index is 872. The maximum Gasteiger partial charge on any atom is 0.0943 e. The molecule has 1 aliphatic rings. The van der Waals surface area contributed by atoms with E-state index in [1.54, 1.807) is 0 Å². The summed E-state index contributed by atoms with van der Waals surface area (Å²) in [5, 5.41) is 12.4. The zero-order chi connectivity index (χ0) is 15.1. The lowest BCUT2D eigenvalue weighted by Gasteiger charge is -2.15. The van der Waals surface area contributed by atoms with Gasteiger partial charge in [-0.2, -0.15) is 0 Å². The summed E-state index contributed by atoms with van der Waals surface area (Å²) in [4.78, 5) is 0.788. The SMILES string of the molecule is O=S(c1ccc2ccccc2c1)C1Cc2ccccc2C1O. The molecular weight excluding hydrogens is 292 g/mol. The molecule has 0 heterocycles. The quantitative estimate of drug-likeness (QED) is 0.785. The van der Waals surface area contributed by atoms with Crippen molar-refractivity contribution < 1.29 is 9.32 Å². The van der Waals surface area contributed by atoms with Gasteiger partial charge in [0.1, 0.15) is 0 Å². The van der Waals surface area contributed by atoms with Gasteiger partial charge < -0.3 is 5.11 Å². The number of aliphatic hydroxyl groups excluding tert-OH is 1. The molecule has 3 aromatic rings. The summed E-state index contributed by atoms with van der Waals surface area (Å²) < 4.78 is 12.9. The van der Waals surface area contributed by atoms with Crippen molar-refractivity contribution in [1.29, 1.82) is 0 Å². The summed E-state index contributed by atoms with van der Waals surface area (Å²) in [6, 6.07) is 21.8. The third kappa shape index (κ3) is 2.18. The van der Waals surface area contributed by atoms with E-state index in [1.165, 1.54) is 0 Å². The molecule has 1 aliphatic carbocycles. The Labute approximate surface area is 131 Å². The largest absolute Gasteiger partial charge is 0.387 e. The van der Waals surface area contributed by atoms with Crippen LogP contribution in [0.2, 0.25) is 0 Å². The lowest BCUT2D eigenvalue weighted by Crippen LogP contribution is -2.20. The molecule has 22 heavy (non-hydrogen) atoms. The van der Waals surface area contributed by atoms with E-state index in [9.17, 15) is 9.32 Å². The number of benzene rings is 3. The highest BCUT2D eigenvalue weighted by atomic mass is 32.2. The maximum atomic E-state index is 12.9. The summed E-state index contributed by atoms with van der Waals surface area (Å²) in [6.45, 7) is 0. The Morgan fingerprint density at radius 2 is 1.64 bits per heavy atom. The Balaban J connectivity index is 1.69. The van der Waals surface area contributed by atoms with Crippen LogP contribution in [0.4, 0.5) is 0 Å². The molecule has 0 spiro atoms. The van der Waals surface area contributed by atoms with Crippen LogP contribution in [-0.4, -0.2) is 14.6 Å². The van der Waals surface area contributed by atoms with Crippen molar-refractivity contribution in [2.45, 2.75) is 22.7 Å². The normalized spacial score (nSPS) is 21.7. The Kier molecular flexibility index (Phi) is 3.32. The number of aliphatic hydroxyl groups is 1. The van der Waals surface area contributed by atoms with Gasteiger partial charge >= 0.3 is 0 Å². The minimum atomic E-state index is -1.22. The third-order valence-corrected chi connectivity index (χ3v) is 6.07. The lowest BCUT2D eigenvalue weighted by atomic mass is 10.1. The second-order valence-corrected chi connectivity index (χ2v) is 7.36. The topological polar surface area (TPSA) is 37.3 Å². The van der Waals surface area contributed by atoms with Crippen molar-refractivity contribution >= 4 is 21.6 Å². The van der Waals surface area contributed by atoms with Crippen molar-refractivity contribution in [1.82, 2.24) is 0 Å². The maximum absolute atomic E-state index is 12.9. The third-order valence-electron chi connectivity index (χ3n) is 4.38. The van der Waals surface area contributed by atoms with E-state index < -0.39 is 16.9 Å². The van der Waals surface area contributed by atoms with Crippen molar-refractivity contribution in [2.75, 3.05) is 0 Å². The van der Waals surface area contributed by atoms with Crippen LogP contribution < -0.4 is 0 Å². The van der Waals surface area contributed by atoms with Gasteiger partial charge in [0.05, 0.1) is 22.2 Å². The average Bonchev–Trinajstić information content (AvgIpc) is 2.91. The molecule has 0 aromatic heterocycles. The first kappa shape index (κ1) is 13.7. The molecule has 0 radical (unpaired) electrons. The van der Waals surface area contributed by atoms with Gasteiger partial charge in [-0.05, 0) is 40.5 Å². The molecule has 3 aromatic carbocycles. The highest BCUT2D eigenvalue weighted by Crippen LogP contribution is 2.36. The van der Waals surface area contributed by atoms with Crippen LogP contribution >= 0.6 is 0 Å². The van der Waals surface area contributed by atoms with Gasteiger partial charge in [0.25, 0.3) is 0 Å². The molecule has 0 saturated carbocycles. The number of hydrogen-bond donors (Lipinski definition) is 1. The van der Waals surface area contributed by atoms with Crippen LogP contribution in [0.25, 0.3) is 10.8 Å². The van der Waals surface area contributed by atoms with Gasteiger partial charge in [-0.1, -0.05) is 54.6 Å². The van der Waals surface area contributed by atoms with Gasteiger partial charge in [-0.25, -0.2) is 0 Å². The minimum absolute atomic E-state index is 0.265. The average molecular weight is 308 g/mol. The highest BCUT2D eigenvalue weighted by molar-refractivity contribution is 7.85. The fourth-order valence-electron chi connectivity index (χ4n) is 3.20. The molecule has 3 heteroatoms. The highest BCUT2D eigenvalue weighted by Gasteiger charge is 2.35.